The van der Waals surface area contributed by atoms with Gasteiger partial charge in [0.15, 0.2) is 0 Å². The molecule has 0 aromatic heterocycles. The predicted molar refractivity (Wildman–Crippen MR) is 80.7 cm³/mol. The molecule has 1 nitrogen and oxygen atoms in total. The highest BCUT2D eigenvalue weighted by atomic mass is 35.5. The van der Waals surface area contributed by atoms with Crippen molar-refractivity contribution in [3.05, 3.63) is 70.0 Å². The standard InChI is InChI=1S/C17H17ClFN/c1-20-17(15-10-12(19)7-9-16(15)18)14-8-6-11-4-2-3-5-13(11)14/h2-5,7,9-10,14,17,20H,6,8H2,1H3. The van der Waals surface area contributed by atoms with Gasteiger partial charge >= 0.3 is 0 Å². The van der Waals surface area contributed by atoms with E-state index in [1.54, 1.807) is 12.1 Å². The van der Waals surface area contributed by atoms with E-state index in [-0.39, 0.29) is 11.9 Å². The van der Waals surface area contributed by atoms with Gasteiger partial charge in [-0.3, -0.25) is 0 Å². The molecule has 0 saturated heterocycles. The number of nitrogens with one attached hydrogen (secondary N) is 1. The van der Waals surface area contributed by atoms with Crippen molar-refractivity contribution in [1.29, 1.82) is 0 Å². The molecule has 0 amide bonds. The van der Waals surface area contributed by atoms with Crippen LogP contribution in [0.15, 0.2) is 42.5 Å². The second kappa shape index (κ2) is 5.55. The molecule has 2 aromatic carbocycles. The minimum absolute atomic E-state index is 0.0434. The van der Waals surface area contributed by atoms with Crippen molar-refractivity contribution in [2.24, 2.45) is 0 Å². The lowest BCUT2D eigenvalue weighted by molar-refractivity contribution is 0.474. The highest BCUT2D eigenvalue weighted by Gasteiger charge is 2.30. The molecule has 1 aliphatic carbocycles. The summed E-state index contributed by atoms with van der Waals surface area (Å²) in [4.78, 5) is 0. The van der Waals surface area contributed by atoms with Crippen molar-refractivity contribution in [1.82, 2.24) is 5.32 Å². The van der Waals surface area contributed by atoms with Crippen LogP contribution in [0.2, 0.25) is 5.02 Å². The Labute approximate surface area is 123 Å². The Morgan fingerprint density at radius 2 is 2.05 bits per heavy atom. The Morgan fingerprint density at radius 3 is 2.85 bits per heavy atom. The fourth-order valence-electron chi connectivity index (χ4n) is 3.26. The van der Waals surface area contributed by atoms with Gasteiger partial charge in [-0.25, -0.2) is 4.39 Å². The molecule has 0 fully saturated rings. The van der Waals surface area contributed by atoms with Crippen molar-refractivity contribution in [3.8, 4) is 0 Å². The van der Waals surface area contributed by atoms with Gasteiger partial charge in [-0.05, 0) is 54.8 Å². The molecule has 104 valence electrons. The third kappa shape index (κ3) is 2.34. The largest absolute Gasteiger partial charge is 0.312 e. The van der Waals surface area contributed by atoms with Crippen LogP contribution < -0.4 is 5.32 Å². The smallest absolute Gasteiger partial charge is 0.123 e. The molecule has 1 N–H and O–H groups in total. The number of likely N-dealkylation sites (N-methyl/N-ethyl adjacent to an activating group) is 1. The predicted octanol–water partition coefficient (Wildman–Crippen LogP) is 4.47. The Bertz CT molecular complexity index is 626. The summed E-state index contributed by atoms with van der Waals surface area (Å²) in [6.45, 7) is 0. The fraction of sp³-hybridized carbons (Fsp3) is 0.294. The molecule has 20 heavy (non-hydrogen) atoms. The van der Waals surface area contributed by atoms with Gasteiger partial charge in [-0.15, -0.1) is 0 Å². The van der Waals surface area contributed by atoms with Crippen molar-refractivity contribution < 1.29 is 4.39 Å². The van der Waals surface area contributed by atoms with E-state index in [1.165, 1.54) is 17.2 Å². The van der Waals surface area contributed by atoms with Gasteiger partial charge in [0.1, 0.15) is 5.82 Å². The molecule has 0 aliphatic heterocycles. The van der Waals surface area contributed by atoms with Crippen molar-refractivity contribution in [2.75, 3.05) is 7.05 Å². The molecule has 1 aliphatic rings. The van der Waals surface area contributed by atoms with Gasteiger partial charge in [0, 0.05) is 17.0 Å². The minimum Gasteiger partial charge on any atom is -0.312 e. The molecule has 0 bridgehead atoms. The van der Waals surface area contributed by atoms with Crippen LogP contribution >= 0.6 is 11.6 Å². The van der Waals surface area contributed by atoms with E-state index in [2.05, 4.69) is 29.6 Å². The molecule has 0 heterocycles. The van der Waals surface area contributed by atoms with E-state index in [0.717, 1.165) is 18.4 Å². The average molecular weight is 290 g/mol. The van der Waals surface area contributed by atoms with E-state index in [1.807, 2.05) is 7.05 Å². The molecule has 0 spiro atoms. The number of aryl methyl sites for hydroxylation is 1. The monoisotopic (exact) mass is 289 g/mol. The van der Waals surface area contributed by atoms with Crippen LogP contribution in [0.3, 0.4) is 0 Å². The Kier molecular flexibility index (Phi) is 3.77. The third-order valence-corrected chi connectivity index (χ3v) is 4.53. The van der Waals surface area contributed by atoms with E-state index in [4.69, 9.17) is 11.6 Å². The molecular formula is C17H17ClFN. The number of fused-ring (bicyclic) bond motifs is 1. The van der Waals surface area contributed by atoms with Gasteiger partial charge in [-0.2, -0.15) is 0 Å². The molecule has 0 saturated carbocycles. The summed E-state index contributed by atoms with van der Waals surface area (Å²) in [5, 5.41) is 3.94. The Morgan fingerprint density at radius 1 is 1.25 bits per heavy atom. The molecule has 2 unspecified atom stereocenters. The first-order chi connectivity index (χ1) is 9.70. The van der Waals surface area contributed by atoms with Crippen LogP contribution in [0.5, 0.6) is 0 Å². The quantitative estimate of drug-likeness (QED) is 0.879. The SMILES string of the molecule is CNC(c1cc(F)ccc1Cl)C1CCc2ccccc21. The maximum atomic E-state index is 13.5. The summed E-state index contributed by atoms with van der Waals surface area (Å²) in [5.41, 5.74) is 3.59. The second-order valence-corrected chi connectivity index (χ2v) is 5.68. The summed E-state index contributed by atoms with van der Waals surface area (Å²) >= 11 is 6.27. The topological polar surface area (TPSA) is 12.0 Å². The van der Waals surface area contributed by atoms with Gasteiger partial charge in [0.2, 0.25) is 0 Å². The summed E-state index contributed by atoms with van der Waals surface area (Å²) in [5.74, 6) is 0.103. The first-order valence-corrected chi connectivity index (χ1v) is 7.28. The number of benzene rings is 2. The zero-order chi connectivity index (χ0) is 14.1. The maximum Gasteiger partial charge on any atom is 0.123 e. The first kappa shape index (κ1) is 13.6. The van der Waals surface area contributed by atoms with Crippen LogP contribution in [-0.2, 0) is 6.42 Å². The van der Waals surface area contributed by atoms with E-state index < -0.39 is 0 Å². The number of hydrogen-bond acceptors (Lipinski definition) is 1. The van der Waals surface area contributed by atoms with E-state index in [0.29, 0.717) is 10.9 Å². The Balaban J connectivity index is 2.01. The maximum absolute atomic E-state index is 13.5. The summed E-state index contributed by atoms with van der Waals surface area (Å²) < 4.78 is 13.5. The highest BCUT2D eigenvalue weighted by Crippen LogP contribution is 2.43. The Hall–Kier alpha value is -1.38. The van der Waals surface area contributed by atoms with Gasteiger partial charge < -0.3 is 5.32 Å². The molecule has 3 heteroatoms. The molecule has 2 aromatic rings. The zero-order valence-electron chi connectivity index (χ0n) is 11.4. The second-order valence-electron chi connectivity index (χ2n) is 5.28. The molecular weight excluding hydrogens is 273 g/mol. The van der Waals surface area contributed by atoms with Crippen LogP contribution in [-0.4, -0.2) is 7.05 Å². The van der Waals surface area contributed by atoms with Crippen LogP contribution in [0.25, 0.3) is 0 Å². The highest BCUT2D eigenvalue weighted by molar-refractivity contribution is 6.31. The number of rotatable bonds is 3. The summed E-state index contributed by atoms with van der Waals surface area (Å²) in [7, 11) is 1.91. The third-order valence-electron chi connectivity index (χ3n) is 4.19. The minimum atomic E-state index is -0.240. The molecule has 0 radical (unpaired) electrons. The van der Waals surface area contributed by atoms with Crippen molar-refractivity contribution >= 4 is 11.6 Å². The summed E-state index contributed by atoms with van der Waals surface area (Å²) in [6.07, 6.45) is 2.14. The summed E-state index contributed by atoms with van der Waals surface area (Å²) in [6, 6.07) is 13.1. The van der Waals surface area contributed by atoms with Crippen LogP contribution in [0.4, 0.5) is 4.39 Å². The fourth-order valence-corrected chi connectivity index (χ4v) is 3.50. The van der Waals surface area contributed by atoms with Gasteiger partial charge in [0.05, 0.1) is 0 Å². The molecule has 2 atom stereocenters. The van der Waals surface area contributed by atoms with Crippen molar-refractivity contribution in [3.63, 3.8) is 0 Å². The van der Waals surface area contributed by atoms with E-state index in [9.17, 15) is 4.39 Å². The molecule has 3 rings (SSSR count). The number of hydrogen-bond donors (Lipinski definition) is 1. The van der Waals surface area contributed by atoms with Crippen LogP contribution in [0.1, 0.15) is 35.1 Å². The lowest BCUT2D eigenvalue weighted by Crippen LogP contribution is -2.23. The first-order valence-electron chi connectivity index (χ1n) is 6.90. The number of halogens is 2. The average Bonchev–Trinajstić information content (AvgIpc) is 2.88. The van der Waals surface area contributed by atoms with E-state index >= 15 is 0 Å². The lowest BCUT2D eigenvalue weighted by Gasteiger charge is -2.25. The van der Waals surface area contributed by atoms with Crippen molar-refractivity contribution in [2.45, 2.75) is 24.8 Å². The lowest BCUT2D eigenvalue weighted by atomic mass is 9.88. The normalized spacial score (nSPS) is 18.9. The van der Waals surface area contributed by atoms with Gasteiger partial charge in [-0.1, -0.05) is 35.9 Å². The zero-order valence-corrected chi connectivity index (χ0v) is 12.1. The van der Waals surface area contributed by atoms with Gasteiger partial charge in [0.25, 0.3) is 0 Å². The van der Waals surface area contributed by atoms with Crippen LogP contribution in [0, 0.1) is 5.82 Å².